The third-order valence-electron chi connectivity index (χ3n) is 7.11. The maximum Gasteiger partial charge on any atom is 0.138 e. The molecule has 1 heterocycles. The van der Waals surface area contributed by atoms with E-state index in [0.717, 1.165) is 11.6 Å². The summed E-state index contributed by atoms with van der Waals surface area (Å²) in [6.07, 6.45) is 2.70. The van der Waals surface area contributed by atoms with Gasteiger partial charge in [0.2, 0.25) is 0 Å². The predicted octanol–water partition coefficient (Wildman–Crippen LogP) is 4.02. The van der Waals surface area contributed by atoms with Gasteiger partial charge < -0.3 is 10.4 Å². The lowest BCUT2D eigenvalue weighted by Gasteiger charge is -2.40. The van der Waals surface area contributed by atoms with Crippen molar-refractivity contribution in [3.8, 4) is 0 Å². The van der Waals surface area contributed by atoms with Crippen molar-refractivity contribution in [1.82, 2.24) is 25.5 Å². The molecule has 192 valence electrons. The average Bonchev–Trinajstić information content (AvgIpc) is 3.36. The van der Waals surface area contributed by atoms with Crippen LogP contribution in [-0.4, -0.2) is 43.7 Å². The Bertz CT molecular complexity index is 1160. The van der Waals surface area contributed by atoms with Crippen LogP contribution < -0.4 is 5.32 Å². The number of aliphatic hydroxyl groups is 1. The van der Waals surface area contributed by atoms with Crippen molar-refractivity contribution in [3.05, 3.63) is 77.1 Å². The van der Waals surface area contributed by atoms with Crippen molar-refractivity contribution >= 4 is 5.78 Å². The maximum atomic E-state index is 13.8. The van der Waals surface area contributed by atoms with E-state index in [1.54, 1.807) is 0 Å². The molecule has 36 heavy (non-hydrogen) atoms. The summed E-state index contributed by atoms with van der Waals surface area (Å²) in [5.41, 5.74) is 2.15. The van der Waals surface area contributed by atoms with Gasteiger partial charge in [-0.2, -0.15) is 0 Å². The Kier molecular flexibility index (Phi) is 7.61. The molecule has 1 aliphatic carbocycles. The molecule has 1 aromatic heterocycles. The molecule has 2 aromatic carbocycles. The second kappa shape index (κ2) is 10.5. The Morgan fingerprint density at radius 3 is 2.42 bits per heavy atom. The van der Waals surface area contributed by atoms with Crippen LogP contribution in [0.4, 0.5) is 8.78 Å². The van der Waals surface area contributed by atoms with Gasteiger partial charge in [-0.05, 0) is 63.9 Å². The molecule has 0 aliphatic heterocycles. The molecule has 4 rings (SSSR count). The highest BCUT2D eigenvalue weighted by Crippen LogP contribution is 2.38. The molecule has 0 spiro atoms. The van der Waals surface area contributed by atoms with Gasteiger partial charge in [0.05, 0.1) is 12.1 Å². The highest BCUT2D eigenvalue weighted by molar-refractivity contribution is 5.79. The standard InChI is InChI=1S/C27H33F2N5O2/c1-26(2,3)19-5-4-6-20(14-19)27(9-7-23(35)8-10-27)30-16-25(36)24(34-17-31-32-33-34)13-18-11-21(28)15-22(29)12-18/h4-6,11-12,14-15,17,24-25,30,36H,7-10,13,16H2,1-3H3. The summed E-state index contributed by atoms with van der Waals surface area (Å²) < 4.78 is 29.0. The van der Waals surface area contributed by atoms with E-state index in [2.05, 4.69) is 59.8 Å². The number of hydrogen-bond donors (Lipinski definition) is 2. The lowest BCUT2D eigenvalue weighted by molar-refractivity contribution is -0.121. The number of ketones is 1. The van der Waals surface area contributed by atoms with Gasteiger partial charge in [0.15, 0.2) is 0 Å². The van der Waals surface area contributed by atoms with Gasteiger partial charge in [-0.15, -0.1) is 5.10 Å². The first-order valence-corrected chi connectivity index (χ1v) is 12.3. The molecule has 1 aliphatic rings. The molecule has 0 amide bonds. The Morgan fingerprint density at radius 2 is 1.81 bits per heavy atom. The van der Waals surface area contributed by atoms with Crippen LogP contribution in [0.25, 0.3) is 0 Å². The van der Waals surface area contributed by atoms with Gasteiger partial charge in [0, 0.05) is 31.0 Å². The number of aliphatic hydroxyl groups excluding tert-OH is 1. The number of nitrogens with zero attached hydrogens (tertiary/aromatic N) is 4. The van der Waals surface area contributed by atoms with E-state index >= 15 is 0 Å². The summed E-state index contributed by atoms with van der Waals surface area (Å²) in [6, 6.07) is 11.0. The van der Waals surface area contributed by atoms with Crippen molar-refractivity contribution in [3.63, 3.8) is 0 Å². The summed E-state index contributed by atoms with van der Waals surface area (Å²) in [6.45, 7) is 6.65. The van der Waals surface area contributed by atoms with Gasteiger partial charge in [-0.1, -0.05) is 45.0 Å². The molecular formula is C27H33F2N5O2. The molecule has 2 atom stereocenters. The molecule has 3 aromatic rings. The number of tetrazole rings is 1. The van der Waals surface area contributed by atoms with E-state index in [0.29, 0.717) is 31.2 Å². The van der Waals surface area contributed by atoms with Gasteiger partial charge in [0.1, 0.15) is 23.7 Å². The number of rotatable bonds is 8. The Labute approximate surface area is 209 Å². The summed E-state index contributed by atoms with van der Waals surface area (Å²) in [4.78, 5) is 12.1. The van der Waals surface area contributed by atoms with E-state index < -0.39 is 29.3 Å². The average molecular weight is 498 g/mol. The minimum atomic E-state index is -0.972. The van der Waals surface area contributed by atoms with Gasteiger partial charge >= 0.3 is 0 Å². The molecule has 1 fully saturated rings. The number of halogens is 2. The van der Waals surface area contributed by atoms with E-state index in [9.17, 15) is 18.7 Å². The SMILES string of the molecule is CC(C)(C)c1cccc(C2(NCC(O)C(Cc3cc(F)cc(F)c3)n3cnnn3)CCC(=O)CC2)c1. The molecule has 7 nitrogen and oxygen atoms in total. The van der Waals surface area contributed by atoms with Crippen molar-refractivity contribution < 1.29 is 18.7 Å². The number of hydrogen-bond acceptors (Lipinski definition) is 6. The third-order valence-corrected chi connectivity index (χ3v) is 7.11. The van der Waals surface area contributed by atoms with Crippen LogP contribution in [0.3, 0.4) is 0 Å². The monoisotopic (exact) mass is 497 g/mol. The van der Waals surface area contributed by atoms with Crippen LogP contribution in [0.15, 0.2) is 48.8 Å². The van der Waals surface area contributed by atoms with Crippen LogP contribution >= 0.6 is 0 Å². The topological polar surface area (TPSA) is 92.9 Å². The van der Waals surface area contributed by atoms with Crippen molar-refractivity contribution in [2.24, 2.45) is 0 Å². The number of carbonyl (C=O) groups is 1. The number of nitrogens with one attached hydrogen (secondary N) is 1. The first-order valence-electron chi connectivity index (χ1n) is 12.3. The Balaban J connectivity index is 1.59. The normalized spacial score (nSPS) is 17.7. The lowest BCUT2D eigenvalue weighted by Crippen LogP contribution is -2.49. The zero-order chi connectivity index (χ0) is 25.9. The van der Waals surface area contributed by atoms with Crippen molar-refractivity contribution in [2.75, 3.05) is 6.54 Å². The second-order valence-electron chi connectivity index (χ2n) is 10.7. The van der Waals surface area contributed by atoms with Crippen molar-refractivity contribution in [2.45, 2.75) is 76.0 Å². The molecule has 0 saturated heterocycles. The van der Waals surface area contributed by atoms with Gasteiger partial charge in [-0.25, -0.2) is 13.5 Å². The molecule has 9 heteroatoms. The molecule has 1 saturated carbocycles. The van der Waals surface area contributed by atoms with Crippen LogP contribution in [0.1, 0.15) is 69.2 Å². The van der Waals surface area contributed by atoms with Crippen LogP contribution in [-0.2, 0) is 22.2 Å². The van der Waals surface area contributed by atoms with Crippen LogP contribution in [0.5, 0.6) is 0 Å². The van der Waals surface area contributed by atoms with E-state index in [-0.39, 0.29) is 24.2 Å². The Hall–Kier alpha value is -3.04. The number of benzene rings is 2. The summed E-state index contributed by atoms with van der Waals surface area (Å²) in [7, 11) is 0. The molecule has 0 radical (unpaired) electrons. The highest BCUT2D eigenvalue weighted by atomic mass is 19.1. The fourth-order valence-corrected chi connectivity index (χ4v) is 4.94. The largest absolute Gasteiger partial charge is 0.390 e. The zero-order valence-electron chi connectivity index (χ0n) is 20.9. The number of aromatic nitrogens is 4. The van der Waals surface area contributed by atoms with E-state index in [1.807, 2.05) is 6.07 Å². The minimum Gasteiger partial charge on any atom is -0.390 e. The second-order valence-corrected chi connectivity index (χ2v) is 10.7. The molecule has 2 N–H and O–H groups in total. The maximum absolute atomic E-state index is 13.8. The quantitative estimate of drug-likeness (QED) is 0.488. The molecule has 0 bridgehead atoms. The molecular weight excluding hydrogens is 464 g/mol. The lowest BCUT2D eigenvalue weighted by atomic mass is 9.74. The van der Waals surface area contributed by atoms with Gasteiger partial charge in [-0.3, -0.25) is 4.79 Å². The van der Waals surface area contributed by atoms with Gasteiger partial charge in [0.25, 0.3) is 0 Å². The van der Waals surface area contributed by atoms with Crippen LogP contribution in [0.2, 0.25) is 0 Å². The minimum absolute atomic E-state index is 0.0351. The fourth-order valence-electron chi connectivity index (χ4n) is 4.94. The van der Waals surface area contributed by atoms with Crippen LogP contribution in [0, 0.1) is 11.6 Å². The number of Topliss-reactive ketones (excluding diaryl/α,β-unsaturated/α-hetero) is 1. The first-order chi connectivity index (χ1) is 17.1. The molecule has 2 unspecified atom stereocenters. The summed E-state index contributed by atoms with van der Waals surface area (Å²) in [5.74, 6) is -1.13. The smallest absolute Gasteiger partial charge is 0.138 e. The first kappa shape index (κ1) is 26.0. The predicted molar refractivity (Wildman–Crippen MR) is 131 cm³/mol. The summed E-state index contributed by atoms with van der Waals surface area (Å²) in [5, 5.41) is 26.1. The Morgan fingerprint density at radius 1 is 1.11 bits per heavy atom. The number of carbonyl (C=O) groups excluding carboxylic acids is 1. The third kappa shape index (κ3) is 6.02. The van der Waals surface area contributed by atoms with Crippen molar-refractivity contribution in [1.29, 1.82) is 0 Å². The summed E-state index contributed by atoms with van der Waals surface area (Å²) >= 11 is 0. The highest BCUT2D eigenvalue weighted by Gasteiger charge is 2.38. The van der Waals surface area contributed by atoms with E-state index in [1.165, 1.54) is 28.7 Å². The fraction of sp³-hybridized carbons (Fsp3) is 0.481. The zero-order valence-corrected chi connectivity index (χ0v) is 20.9. The van der Waals surface area contributed by atoms with E-state index in [4.69, 9.17) is 0 Å².